The molecule has 0 aromatic heterocycles. The van der Waals surface area contributed by atoms with E-state index in [2.05, 4.69) is 412 Å². The van der Waals surface area contributed by atoms with Gasteiger partial charge in [-0.05, 0) is 186 Å². The first-order valence-electron chi connectivity index (χ1n) is 39.7. The number of hydrogen-bond donors (Lipinski definition) is 0. The van der Waals surface area contributed by atoms with Gasteiger partial charge in [-0.3, -0.25) is 9.59 Å². The Balaban J connectivity index is 0.700. The molecule has 0 unspecified atom stereocenters. The highest BCUT2D eigenvalue weighted by Crippen LogP contribution is 2.49. The Morgan fingerprint density at radius 1 is 0.214 bits per heavy atom. The van der Waals surface area contributed by atoms with Crippen molar-refractivity contribution in [3.8, 4) is 22.3 Å². The van der Waals surface area contributed by atoms with Crippen LogP contribution >= 0.6 is 0 Å². The standard InChI is InChI=1S/C106H90N4O2/c1-3-5-7-33-75-107-103(89-55-51-77(52-56-89)79-59-67-93(68-60-79)109(91-47-29-15-30-48-91)95-71-63-87(64-72-95)99(85-43-25-13-26-44-85)97(81-35-17-9-18-36-81)82-37-19-10-20-38-82)101-102(105(107)111)104(108(106(101)112)76-34-8-6-4-2)90-57-53-78(54-58-90)80-61-69-94(70-62-80)110(92-49-31-16-32-50-92)96-73-65-88(66-74-96)100(86-45-27-14-28-46-86)98(83-39-21-11-22-40-83)84-41-23-12-24-42-84/h9-32,35-74H,3-8,33-34,75-76H2,1-2H3. The van der Waals surface area contributed by atoms with Crippen LogP contribution in [0.1, 0.15) is 121 Å². The lowest BCUT2D eigenvalue weighted by Crippen LogP contribution is -2.31. The number of fused-ring (bicyclic) bond motifs is 1. The maximum absolute atomic E-state index is 15.6. The second kappa shape index (κ2) is 34.4. The van der Waals surface area contributed by atoms with Gasteiger partial charge in [0.05, 0.1) is 22.5 Å². The van der Waals surface area contributed by atoms with E-state index in [1.165, 1.54) is 11.1 Å². The van der Waals surface area contributed by atoms with E-state index in [9.17, 15) is 0 Å². The molecule has 6 nitrogen and oxygen atoms in total. The molecule has 14 aromatic rings. The maximum atomic E-state index is 15.6. The minimum Gasteiger partial charge on any atom is -0.311 e. The monoisotopic (exact) mass is 1450 g/mol. The molecular formula is C106H90N4O2. The van der Waals surface area contributed by atoms with Gasteiger partial charge in [0.15, 0.2) is 0 Å². The zero-order valence-electron chi connectivity index (χ0n) is 63.6. The predicted molar refractivity (Wildman–Crippen MR) is 467 cm³/mol. The summed E-state index contributed by atoms with van der Waals surface area (Å²) in [6.45, 7) is 5.46. The highest BCUT2D eigenvalue weighted by Gasteiger charge is 2.48. The first-order chi connectivity index (χ1) is 55.4. The Labute approximate surface area is 660 Å². The van der Waals surface area contributed by atoms with Crippen LogP contribution in [0.15, 0.2) is 399 Å². The van der Waals surface area contributed by atoms with Gasteiger partial charge in [0, 0.05) is 47.2 Å². The van der Waals surface area contributed by atoms with Gasteiger partial charge in [-0.25, -0.2) is 0 Å². The van der Waals surface area contributed by atoms with Crippen LogP contribution in [0.25, 0.3) is 55.9 Å². The summed E-state index contributed by atoms with van der Waals surface area (Å²) in [5.41, 5.74) is 28.3. The Morgan fingerprint density at radius 2 is 0.411 bits per heavy atom. The van der Waals surface area contributed by atoms with Crippen LogP contribution in [-0.4, -0.2) is 34.7 Å². The van der Waals surface area contributed by atoms with Gasteiger partial charge < -0.3 is 19.6 Å². The van der Waals surface area contributed by atoms with E-state index < -0.39 is 0 Å². The molecule has 0 aliphatic carbocycles. The molecule has 16 rings (SSSR count). The van der Waals surface area contributed by atoms with Crippen molar-refractivity contribution in [2.24, 2.45) is 0 Å². The number of nitrogens with zero attached hydrogens (tertiary/aromatic N) is 4. The van der Waals surface area contributed by atoms with Crippen molar-refractivity contribution in [2.45, 2.75) is 65.2 Å². The van der Waals surface area contributed by atoms with Crippen LogP contribution in [0.3, 0.4) is 0 Å². The molecule has 0 N–H and O–H groups in total. The summed E-state index contributed by atoms with van der Waals surface area (Å²) in [5.74, 6) is -0.213. The fraction of sp³-hybridized carbons (Fsp3) is 0.113. The van der Waals surface area contributed by atoms with Crippen molar-refractivity contribution in [1.29, 1.82) is 0 Å². The zero-order chi connectivity index (χ0) is 76.0. The van der Waals surface area contributed by atoms with Crippen LogP contribution in [0, 0.1) is 0 Å². The SMILES string of the molecule is CCCCCCN1C(=O)C2=C(c3ccc(-c4ccc(N(c5ccccc5)c5ccc(C(=C(c6ccccc6)c6ccccc6)c6ccccc6)cc5)cc4)cc3)N(CCCCCC)C(=O)C2=C1c1ccc(-c2ccc(N(c3ccccc3)c3ccc(C(=C(c4ccccc4)c4ccccc4)c4ccccc4)cc3)cc2)cc1. The van der Waals surface area contributed by atoms with E-state index in [1.807, 2.05) is 9.80 Å². The predicted octanol–water partition coefficient (Wildman–Crippen LogP) is 26.9. The normalized spacial score (nSPS) is 12.5. The minimum atomic E-state index is -0.107. The number of hydrogen-bond acceptors (Lipinski definition) is 4. The summed E-state index contributed by atoms with van der Waals surface area (Å²) in [4.78, 5) is 39.6. The number of anilines is 6. The molecule has 2 heterocycles. The molecule has 6 heteroatoms. The average molecular weight is 1450 g/mol. The molecule has 0 radical (unpaired) electrons. The second-order valence-electron chi connectivity index (χ2n) is 28.9. The van der Waals surface area contributed by atoms with Crippen LogP contribution in [0.5, 0.6) is 0 Å². The number of carbonyl (C=O) groups is 2. The van der Waals surface area contributed by atoms with Crippen molar-refractivity contribution in [2.75, 3.05) is 22.9 Å². The molecule has 0 atom stereocenters. The third-order valence-corrected chi connectivity index (χ3v) is 21.6. The fourth-order valence-electron chi connectivity index (χ4n) is 16.1. The van der Waals surface area contributed by atoms with Gasteiger partial charge in [-0.1, -0.05) is 368 Å². The molecule has 0 saturated heterocycles. The molecule has 2 aliphatic heterocycles. The van der Waals surface area contributed by atoms with Gasteiger partial charge >= 0.3 is 0 Å². The number of amides is 2. The molecule has 0 fully saturated rings. The minimum absolute atomic E-state index is 0.107. The van der Waals surface area contributed by atoms with Crippen LogP contribution in [0.2, 0.25) is 0 Å². The summed E-state index contributed by atoms with van der Waals surface area (Å²) >= 11 is 0. The van der Waals surface area contributed by atoms with Gasteiger partial charge in [-0.15, -0.1) is 0 Å². The van der Waals surface area contributed by atoms with Crippen molar-refractivity contribution in [3.63, 3.8) is 0 Å². The molecule has 0 saturated carbocycles. The van der Waals surface area contributed by atoms with Gasteiger partial charge in [0.2, 0.25) is 0 Å². The van der Waals surface area contributed by atoms with Crippen LogP contribution in [-0.2, 0) is 9.59 Å². The average Bonchev–Trinajstić information content (AvgIpc) is 1.57. The zero-order valence-corrected chi connectivity index (χ0v) is 63.6. The van der Waals surface area contributed by atoms with E-state index in [1.54, 1.807) is 0 Å². The van der Waals surface area contributed by atoms with E-state index in [-0.39, 0.29) is 11.8 Å². The number of unbranched alkanes of at least 4 members (excludes halogenated alkanes) is 6. The van der Waals surface area contributed by atoms with E-state index in [0.29, 0.717) is 35.6 Å². The van der Waals surface area contributed by atoms with E-state index >= 15 is 9.59 Å². The number of rotatable bonds is 28. The summed E-state index contributed by atoms with van der Waals surface area (Å²) in [6, 6.07) is 138. The van der Waals surface area contributed by atoms with E-state index in [0.717, 1.165) is 175 Å². The summed E-state index contributed by atoms with van der Waals surface area (Å²) in [7, 11) is 0. The summed E-state index contributed by atoms with van der Waals surface area (Å²) < 4.78 is 0. The molecule has 112 heavy (non-hydrogen) atoms. The lowest BCUT2D eigenvalue weighted by atomic mass is 9.86. The second-order valence-corrected chi connectivity index (χ2v) is 28.9. The largest absolute Gasteiger partial charge is 0.311 e. The molecule has 546 valence electrons. The quantitative estimate of drug-likeness (QED) is 0.0362. The molecular weight excluding hydrogens is 1360 g/mol. The highest BCUT2D eigenvalue weighted by atomic mass is 16.2. The van der Waals surface area contributed by atoms with Gasteiger partial charge in [0.25, 0.3) is 11.8 Å². The molecule has 0 spiro atoms. The van der Waals surface area contributed by atoms with Crippen LogP contribution in [0.4, 0.5) is 34.1 Å². The van der Waals surface area contributed by atoms with Crippen molar-refractivity contribution in [3.05, 3.63) is 455 Å². The third-order valence-electron chi connectivity index (χ3n) is 21.6. The van der Waals surface area contributed by atoms with Gasteiger partial charge in [0.1, 0.15) is 0 Å². The maximum Gasteiger partial charge on any atom is 0.261 e. The van der Waals surface area contributed by atoms with Crippen molar-refractivity contribution >= 4 is 79.6 Å². The molecule has 14 aromatic carbocycles. The van der Waals surface area contributed by atoms with Crippen molar-refractivity contribution < 1.29 is 9.59 Å². The summed E-state index contributed by atoms with van der Waals surface area (Å²) in [5, 5.41) is 0. The Kier molecular flexibility index (Phi) is 22.4. The highest BCUT2D eigenvalue weighted by molar-refractivity contribution is 6.30. The van der Waals surface area contributed by atoms with Crippen LogP contribution < -0.4 is 9.80 Å². The molecule has 2 amide bonds. The number of para-hydroxylation sites is 2. The first kappa shape index (κ1) is 72.8. The topological polar surface area (TPSA) is 47.1 Å². The fourth-order valence-corrected chi connectivity index (χ4v) is 16.1. The van der Waals surface area contributed by atoms with Crippen molar-refractivity contribution in [1.82, 2.24) is 9.80 Å². The molecule has 2 aliphatic rings. The first-order valence-corrected chi connectivity index (χ1v) is 39.7. The summed E-state index contributed by atoms with van der Waals surface area (Å²) in [6.07, 6.45) is 7.94. The Bertz CT molecular complexity index is 5210. The Morgan fingerprint density at radius 3 is 0.652 bits per heavy atom. The number of carbonyl (C=O) groups excluding carboxylic acids is 2. The number of benzene rings is 14. The van der Waals surface area contributed by atoms with E-state index in [4.69, 9.17) is 0 Å². The van der Waals surface area contributed by atoms with Gasteiger partial charge in [-0.2, -0.15) is 0 Å². The Hall–Kier alpha value is -13.4. The third kappa shape index (κ3) is 15.5. The smallest absolute Gasteiger partial charge is 0.261 e. The molecule has 0 bridgehead atoms. The lowest BCUT2D eigenvalue weighted by Gasteiger charge is -2.26. The lowest BCUT2D eigenvalue weighted by molar-refractivity contribution is -0.124.